The molecule has 6 aliphatic carbocycles. The third kappa shape index (κ3) is 25.5. The zero-order valence-electron chi connectivity index (χ0n) is 52.4. The van der Waals surface area contributed by atoms with Gasteiger partial charge in [-0.1, -0.05) is 110 Å². The Hall–Kier alpha value is -9.60. The number of allylic oxidation sites excluding steroid dienone is 1. The first-order chi connectivity index (χ1) is 44.3. The number of rotatable bonds is 6. The number of ketones is 1. The number of nitrogens with zero attached hydrogens (tertiary/aromatic N) is 7. The molecule has 0 radical (unpaired) electrons. The van der Waals surface area contributed by atoms with Crippen LogP contribution in [0, 0.1) is 0 Å². The number of fused-ring (bicyclic) bond motifs is 6. The van der Waals surface area contributed by atoms with Crippen molar-refractivity contribution in [2.45, 2.75) is 117 Å². The molecule has 6 aromatic heterocycles. The number of carbonyl (C=O) groups is 5. The Labute approximate surface area is 550 Å². The van der Waals surface area contributed by atoms with E-state index in [0.717, 1.165) is 98.0 Å². The molecule has 6 heterocycles. The molecular weight excluding hydrogens is 1200 g/mol. The minimum Gasteiger partial charge on any atom is -0.399 e. The molecule has 2 aromatic carbocycles. The van der Waals surface area contributed by atoms with E-state index >= 15 is 0 Å². The van der Waals surface area contributed by atoms with E-state index in [2.05, 4.69) is 116 Å². The van der Waals surface area contributed by atoms with E-state index in [1.807, 2.05) is 91.4 Å². The van der Waals surface area contributed by atoms with Crippen LogP contribution in [0.5, 0.6) is 0 Å². The van der Waals surface area contributed by atoms with E-state index in [-0.39, 0.29) is 50.3 Å². The average Bonchev–Trinajstić information content (AvgIpc) is 1.86. The molecule has 0 bridgehead atoms. The molecule has 6 N–H and O–H groups in total. The zero-order chi connectivity index (χ0) is 65.0. The summed E-state index contributed by atoms with van der Waals surface area (Å²) in [5, 5.41) is 9.15. The maximum Gasteiger partial charge on any atom is 0.315 e. The van der Waals surface area contributed by atoms with Gasteiger partial charge in [0.05, 0.1) is 35.9 Å². The van der Waals surface area contributed by atoms with E-state index in [1.54, 1.807) is 37.8 Å². The highest BCUT2D eigenvalue weighted by Gasteiger charge is 2.25. The maximum atomic E-state index is 11.9. The number of alkyl halides is 1. The molecule has 0 aliphatic heterocycles. The number of hydrogen-bond donors (Lipinski definition) is 4. The number of hydrogen-bond acceptors (Lipinski definition) is 17. The Balaban J connectivity index is 0.000000228. The minimum absolute atomic E-state index is 0. The van der Waals surface area contributed by atoms with Crippen molar-refractivity contribution in [1.29, 1.82) is 0 Å². The third-order valence-electron chi connectivity index (χ3n) is 14.5. The summed E-state index contributed by atoms with van der Waals surface area (Å²) in [5.74, 6) is 3.41. The summed E-state index contributed by atoms with van der Waals surface area (Å²) in [5.41, 5.74) is 24.0. The van der Waals surface area contributed by atoms with E-state index in [4.69, 9.17) is 10.6 Å². The number of aromatic nitrogens is 6. The number of Topliss-reactive ketones (excluding diaryl/α,β-unsaturated/α-hetero) is 1. The first kappa shape index (κ1) is 75.9. The van der Waals surface area contributed by atoms with Crippen molar-refractivity contribution in [3.05, 3.63) is 249 Å². The summed E-state index contributed by atoms with van der Waals surface area (Å²) >= 11 is 0. The van der Waals surface area contributed by atoms with Crippen LogP contribution in [-0.4, -0.2) is 93.1 Å². The normalized spacial score (nSPS) is 15.3. The third-order valence-corrected chi connectivity index (χ3v) is 14.5. The number of pyridine rings is 6. The molecular formula is C72H85ClFN11O8. The second-order valence-electron chi connectivity index (χ2n) is 21.0. The largest absolute Gasteiger partial charge is 0.399 e. The lowest BCUT2D eigenvalue weighted by atomic mass is 10.1. The Bertz CT molecular complexity index is 3620. The van der Waals surface area contributed by atoms with Crippen molar-refractivity contribution in [1.82, 2.24) is 40.5 Å². The van der Waals surface area contributed by atoms with E-state index in [1.165, 1.54) is 90.6 Å². The number of carbonyl (C=O) groups excluding carboxylic acids is 5. The van der Waals surface area contributed by atoms with Crippen LogP contribution in [0.2, 0.25) is 0 Å². The van der Waals surface area contributed by atoms with Crippen LogP contribution in [0.4, 0.5) is 9.18 Å². The van der Waals surface area contributed by atoms with Gasteiger partial charge in [-0.05, 0) is 164 Å². The average molecular weight is 1290 g/mol. The summed E-state index contributed by atoms with van der Waals surface area (Å²) in [6, 6.07) is 43.6. The number of benzene rings is 2. The van der Waals surface area contributed by atoms with Gasteiger partial charge in [-0.15, -0.1) is 12.4 Å². The first-order valence-corrected chi connectivity index (χ1v) is 30.2. The van der Waals surface area contributed by atoms with Crippen LogP contribution >= 0.6 is 12.4 Å². The van der Waals surface area contributed by atoms with Crippen molar-refractivity contribution < 1.29 is 42.8 Å². The fourth-order valence-corrected chi connectivity index (χ4v) is 10.4. The van der Waals surface area contributed by atoms with Crippen molar-refractivity contribution in [2.24, 2.45) is 16.8 Å². The number of oxime groups is 1. The smallest absolute Gasteiger partial charge is 0.315 e. The molecule has 0 spiro atoms. The zero-order valence-corrected chi connectivity index (χ0v) is 53.2. The Morgan fingerprint density at radius 3 is 1.62 bits per heavy atom. The van der Waals surface area contributed by atoms with Gasteiger partial charge in [0.15, 0.2) is 5.78 Å². The molecule has 0 saturated heterocycles. The SMILES string of the molecule is C.C(=C1/CCc2cccnc21)/c1ccccc1.CC(=O)OC(C)=O.CO/N=C1\CCc2cccnc21.CON.Cl.NC1CCc2cccnc21.O=C(NCCF)NC1CCc2cccnc21.O=C1CCc2cccnc21.O=Cc1ccccc1.c1cnc2c(c1)CCC2. The van der Waals surface area contributed by atoms with Crippen LogP contribution in [0.25, 0.3) is 11.6 Å². The Morgan fingerprint density at radius 2 is 1.08 bits per heavy atom. The number of esters is 2. The standard InChI is InChI=1S/C15H13N.C11H14FN3O.C9H10N2O.C8H10N2.C8H7NO.C8H9N.C7H6O.C4H6O3.CH5NO.CH4.ClH/c1-2-5-12(6-3-1)11-14-9-8-13-7-4-10-16-15(13)14;12-5-7-14-11(16)15-9-4-3-8-2-1-6-13-10(8)9;1-12-11-8-5-4-7-3-2-6-10-9(7)8;9-7-4-3-6-2-1-5-10-8(6)7;10-7-4-3-6-2-1-5-9-8(6)7;1-3-7-4-2-6-9-8(7)5-1;8-6-7-4-2-1-3-5-7;1-3(5)7-4(2)6;1-3-2;;/h1-7,10-11H,8-9H2;1-2,6,9H,3-5,7H2,(H2,14,15,16);2-3,6H,4-5H2,1H3;1-2,5,7H,3-4,9H2;1-2,5H,3-4H2;2,4,6H,1,3,5H2;1-6H;1-2H3;2H2,1H3;1H4;1H/b14-11+;;11-8+;;;;;;;;. The highest BCUT2D eigenvalue weighted by molar-refractivity contribution is 6.02. The predicted octanol–water partition coefficient (Wildman–Crippen LogP) is 12.3. The molecule has 21 heteroatoms. The molecule has 0 fully saturated rings. The Kier molecular flexibility index (Phi) is 34.6. The number of nitrogens with one attached hydrogen (secondary N) is 2. The van der Waals surface area contributed by atoms with Crippen LogP contribution in [0.3, 0.4) is 0 Å². The second kappa shape index (κ2) is 42.5. The van der Waals surface area contributed by atoms with Crippen molar-refractivity contribution in [3.63, 3.8) is 0 Å². The molecule has 8 aromatic rings. The number of aldehydes is 1. The minimum atomic E-state index is -0.562. The van der Waals surface area contributed by atoms with Crippen molar-refractivity contribution in [3.8, 4) is 0 Å². The number of halogens is 2. The summed E-state index contributed by atoms with van der Waals surface area (Å²) in [6.45, 7) is 1.86. The molecule has 2 atom stereocenters. The van der Waals surface area contributed by atoms with Gasteiger partial charge in [0.1, 0.15) is 31.5 Å². The predicted molar refractivity (Wildman–Crippen MR) is 363 cm³/mol. The van der Waals surface area contributed by atoms with Gasteiger partial charge in [0.2, 0.25) is 0 Å². The van der Waals surface area contributed by atoms with Gasteiger partial charge in [0, 0.05) is 81.3 Å². The van der Waals surface area contributed by atoms with Gasteiger partial charge in [-0.25, -0.2) is 15.1 Å². The van der Waals surface area contributed by atoms with Crippen LogP contribution in [0.15, 0.2) is 176 Å². The molecule has 490 valence electrons. The van der Waals surface area contributed by atoms with Gasteiger partial charge in [-0.2, -0.15) is 0 Å². The fraction of sp³-hybridized carbons (Fsp3) is 0.306. The molecule has 19 nitrogen and oxygen atoms in total. The first-order valence-electron chi connectivity index (χ1n) is 30.2. The summed E-state index contributed by atoms with van der Waals surface area (Å²) in [4.78, 5) is 85.9. The van der Waals surface area contributed by atoms with Gasteiger partial charge < -0.3 is 30.8 Å². The van der Waals surface area contributed by atoms with Crippen LogP contribution in [-0.2, 0) is 68.9 Å². The molecule has 93 heavy (non-hydrogen) atoms. The van der Waals surface area contributed by atoms with E-state index in [9.17, 15) is 28.4 Å². The van der Waals surface area contributed by atoms with E-state index in [0.29, 0.717) is 12.1 Å². The number of nitrogens with two attached hydrogens (primary N) is 2. The van der Waals surface area contributed by atoms with Crippen molar-refractivity contribution >= 4 is 59.8 Å². The molecule has 0 saturated carbocycles. The monoisotopic (exact) mass is 1290 g/mol. The highest BCUT2D eigenvalue weighted by atomic mass is 35.5. The summed E-state index contributed by atoms with van der Waals surface area (Å²) < 4.78 is 15.8. The van der Waals surface area contributed by atoms with Crippen LogP contribution < -0.4 is 22.3 Å². The molecule has 2 amide bonds. The summed E-state index contributed by atoms with van der Waals surface area (Å²) in [6.07, 6.45) is 27.2. The van der Waals surface area contributed by atoms with E-state index < -0.39 is 18.6 Å². The summed E-state index contributed by atoms with van der Waals surface area (Å²) in [7, 11) is 2.97. The lowest BCUT2D eigenvalue weighted by Crippen LogP contribution is -2.38. The van der Waals surface area contributed by atoms with Gasteiger partial charge in [-0.3, -0.25) is 49.1 Å². The second-order valence-corrected chi connectivity index (χ2v) is 21.0. The fourth-order valence-electron chi connectivity index (χ4n) is 10.4. The molecule has 14 rings (SSSR count). The topological polar surface area (TPSA) is 279 Å². The number of urea groups is 1. The van der Waals surface area contributed by atoms with Crippen LogP contribution in [0.1, 0.15) is 160 Å². The highest BCUT2D eigenvalue weighted by Crippen LogP contribution is 2.32. The molecule has 2 unspecified atom stereocenters. The van der Waals surface area contributed by atoms with Gasteiger partial charge >= 0.3 is 18.0 Å². The number of ether oxygens (including phenoxy) is 1. The lowest BCUT2D eigenvalue weighted by Gasteiger charge is -2.13. The quantitative estimate of drug-likeness (QED) is 0.0521. The number of amides is 2. The molecule has 6 aliphatic rings. The van der Waals surface area contributed by atoms with Gasteiger partial charge in [0.25, 0.3) is 0 Å². The number of aryl methyl sites for hydroxylation is 7. The van der Waals surface area contributed by atoms with Crippen molar-refractivity contribution in [2.75, 3.05) is 27.4 Å². The Morgan fingerprint density at radius 1 is 0.581 bits per heavy atom. The maximum absolute atomic E-state index is 11.9. The lowest BCUT2D eigenvalue weighted by molar-refractivity contribution is -0.156.